The minimum Gasteiger partial charge on any atom is -0.459 e. The molecule has 2 aromatic rings. The van der Waals surface area contributed by atoms with Crippen LogP contribution in [0.4, 0.5) is 0 Å². The van der Waals surface area contributed by atoms with Crippen molar-refractivity contribution in [2.24, 2.45) is 5.92 Å². The molecule has 1 fully saturated rings. The van der Waals surface area contributed by atoms with E-state index in [1.165, 1.54) is 6.26 Å². The first kappa shape index (κ1) is 18.2. The Morgan fingerprint density at radius 3 is 2.54 bits per heavy atom. The number of methoxy groups -OCH3 is 1. The molecule has 6 nitrogen and oxygen atoms in total. The molecular formula is C20H24N2O4. The maximum atomic E-state index is 12.5. The average Bonchev–Trinajstić information content (AvgIpc) is 3.23. The van der Waals surface area contributed by atoms with E-state index in [9.17, 15) is 9.59 Å². The zero-order chi connectivity index (χ0) is 18.4. The van der Waals surface area contributed by atoms with E-state index < -0.39 is 0 Å². The van der Waals surface area contributed by atoms with E-state index in [-0.39, 0.29) is 23.8 Å². The topological polar surface area (TPSA) is 71.8 Å². The van der Waals surface area contributed by atoms with Crippen molar-refractivity contribution in [1.29, 1.82) is 0 Å². The summed E-state index contributed by atoms with van der Waals surface area (Å²) in [4.78, 5) is 26.5. The minimum absolute atomic E-state index is 0.0214. The Bertz CT molecular complexity index is 707. The second-order valence-corrected chi connectivity index (χ2v) is 6.42. The third-order valence-corrected chi connectivity index (χ3v) is 4.80. The van der Waals surface area contributed by atoms with Crippen LogP contribution in [0.3, 0.4) is 0 Å². The summed E-state index contributed by atoms with van der Waals surface area (Å²) in [5.41, 5.74) is 1.04. The van der Waals surface area contributed by atoms with Gasteiger partial charge in [-0.05, 0) is 30.5 Å². The summed E-state index contributed by atoms with van der Waals surface area (Å²) in [7, 11) is 1.64. The van der Waals surface area contributed by atoms with E-state index >= 15 is 0 Å². The largest absolute Gasteiger partial charge is 0.459 e. The van der Waals surface area contributed by atoms with E-state index in [2.05, 4.69) is 5.32 Å². The van der Waals surface area contributed by atoms with Gasteiger partial charge in [-0.15, -0.1) is 0 Å². The van der Waals surface area contributed by atoms with Gasteiger partial charge in [-0.2, -0.15) is 0 Å². The lowest BCUT2D eigenvalue weighted by Crippen LogP contribution is -2.43. The summed E-state index contributed by atoms with van der Waals surface area (Å²) in [6.45, 7) is 1.55. The molecule has 1 aliphatic rings. The first-order valence-electron chi connectivity index (χ1n) is 8.87. The van der Waals surface area contributed by atoms with Crippen LogP contribution in [0.15, 0.2) is 53.1 Å². The lowest BCUT2D eigenvalue weighted by molar-refractivity contribution is -0.126. The lowest BCUT2D eigenvalue weighted by atomic mass is 9.95. The number of nitrogens with one attached hydrogen (secondary N) is 1. The zero-order valence-corrected chi connectivity index (χ0v) is 14.9. The van der Waals surface area contributed by atoms with E-state index in [1.807, 2.05) is 30.3 Å². The van der Waals surface area contributed by atoms with E-state index in [0.717, 1.165) is 5.56 Å². The third kappa shape index (κ3) is 4.32. The summed E-state index contributed by atoms with van der Waals surface area (Å²) >= 11 is 0. The SMILES string of the molecule is COC(CNC(=O)C1CCN(C(=O)c2ccco2)CC1)c1ccccc1. The maximum Gasteiger partial charge on any atom is 0.289 e. The van der Waals surface area contributed by atoms with E-state index in [4.69, 9.17) is 9.15 Å². The number of benzene rings is 1. The first-order valence-corrected chi connectivity index (χ1v) is 8.87. The molecule has 6 heteroatoms. The van der Waals surface area contributed by atoms with Crippen molar-refractivity contribution in [1.82, 2.24) is 10.2 Å². The van der Waals surface area contributed by atoms with Crippen molar-refractivity contribution in [3.8, 4) is 0 Å². The quantitative estimate of drug-likeness (QED) is 0.864. The fourth-order valence-electron chi connectivity index (χ4n) is 3.24. The van der Waals surface area contributed by atoms with E-state index in [1.54, 1.807) is 24.1 Å². The normalized spacial score (nSPS) is 16.3. The average molecular weight is 356 g/mol. The van der Waals surface area contributed by atoms with Crippen molar-refractivity contribution in [2.75, 3.05) is 26.7 Å². The first-order chi connectivity index (χ1) is 12.7. The van der Waals surface area contributed by atoms with Crippen LogP contribution < -0.4 is 5.32 Å². The molecule has 1 unspecified atom stereocenters. The Balaban J connectivity index is 1.47. The second kappa shape index (κ2) is 8.67. The molecule has 2 heterocycles. The zero-order valence-electron chi connectivity index (χ0n) is 14.9. The number of likely N-dealkylation sites (tertiary alicyclic amines) is 1. The number of carbonyl (C=O) groups excluding carboxylic acids is 2. The molecule has 138 valence electrons. The number of hydrogen-bond donors (Lipinski definition) is 1. The van der Waals surface area contributed by atoms with Crippen LogP contribution in [0.2, 0.25) is 0 Å². The number of hydrogen-bond acceptors (Lipinski definition) is 4. The van der Waals surface area contributed by atoms with Gasteiger partial charge in [-0.25, -0.2) is 0 Å². The molecule has 1 atom stereocenters. The van der Waals surface area contributed by atoms with Gasteiger partial charge in [0.1, 0.15) is 0 Å². The Morgan fingerprint density at radius 1 is 1.19 bits per heavy atom. The number of furan rings is 1. The van der Waals surface area contributed by atoms with Gasteiger partial charge >= 0.3 is 0 Å². The molecule has 3 rings (SSSR count). The van der Waals surface area contributed by atoms with Gasteiger partial charge in [0.05, 0.1) is 12.4 Å². The summed E-state index contributed by atoms with van der Waals surface area (Å²) in [6.07, 6.45) is 2.63. The van der Waals surface area contributed by atoms with Crippen molar-refractivity contribution in [3.63, 3.8) is 0 Å². The molecule has 0 spiro atoms. The summed E-state index contributed by atoms with van der Waals surface area (Å²) < 4.78 is 10.6. The molecular weight excluding hydrogens is 332 g/mol. The Kier molecular flexibility index (Phi) is 6.07. The van der Waals surface area contributed by atoms with Crippen LogP contribution in [0.5, 0.6) is 0 Å². The van der Waals surface area contributed by atoms with Crippen molar-refractivity contribution < 1.29 is 18.7 Å². The second-order valence-electron chi connectivity index (χ2n) is 6.42. The van der Waals surface area contributed by atoms with Crippen molar-refractivity contribution >= 4 is 11.8 Å². The minimum atomic E-state index is -0.166. The fraction of sp³-hybridized carbons (Fsp3) is 0.400. The van der Waals surface area contributed by atoms with Gasteiger partial charge in [0.15, 0.2) is 5.76 Å². The standard InChI is InChI=1S/C20H24N2O4/c1-25-18(15-6-3-2-4-7-15)14-21-19(23)16-9-11-22(12-10-16)20(24)17-8-5-13-26-17/h2-8,13,16,18H,9-12,14H2,1H3,(H,21,23). The molecule has 0 bridgehead atoms. The fourth-order valence-corrected chi connectivity index (χ4v) is 3.24. The highest BCUT2D eigenvalue weighted by Gasteiger charge is 2.29. The predicted octanol–water partition coefficient (Wildman–Crippen LogP) is 2.64. The number of nitrogens with zero attached hydrogens (tertiary/aromatic N) is 1. The third-order valence-electron chi connectivity index (χ3n) is 4.80. The van der Waals surface area contributed by atoms with Crippen LogP contribution in [0.1, 0.15) is 35.1 Å². The molecule has 0 radical (unpaired) electrons. The molecule has 26 heavy (non-hydrogen) atoms. The molecule has 1 aromatic carbocycles. The molecule has 1 aliphatic heterocycles. The predicted molar refractivity (Wildman–Crippen MR) is 96.5 cm³/mol. The highest BCUT2D eigenvalue weighted by Crippen LogP contribution is 2.20. The van der Waals surface area contributed by atoms with Gasteiger partial charge in [0.2, 0.25) is 5.91 Å². The van der Waals surface area contributed by atoms with Gasteiger partial charge in [0, 0.05) is 32.7 Å². The van der Waals surface area contributed by atoms with E-state index in [0.29, 0.717) is 38.2 Å². The van der Waals surface area contributed by atoms with Crippen LogP contribution in [0, 0.1) is 5.92 Å². The van der Waals surface area contributed by atoms with Gasteiger partial charge in [0.25, 0.3) is 5.91 Å². The van der Waals surface area contributed by atoms with Crippen molar-refractivity contribution in [3.05, 3.63) is 60.1 Å². The molecule has 1 N–H and O–H groups in total. The molecule has 0 aliphatic carbocycles. The van der Waals surface area contributed by atoms with Crippen LogP contribution in [0.25, 0.3) is 0 Å². The molecule has 0 saturated carbocycles. The summed E-state index contributed by atoms with van der Waals surface area (Å²) in [5.74, 6) is 0.174. The van der Waals surface area contributed by atoms with Gasteiger partial charge < -0.3 is 19.4 Å². The Morgan fingerprint density at radius 2 is 1.92 bits per heavy atom. The molecule has 1 saturated heterocycles. The summed E-state index contributed by atoms with van der Waals surface area (Å²) in [6, 6.07) is 13.2. The number of amides is 2. The summed E-state index contributed by atoms with van der Waals surface area (Å²) in [5, 5.41) is 2.99. The monoisotopic (exact) mass is 356 g/mol. The van der Waals surface area contributed by atoms with Crippen molar-refractivity contribution in [2.45, 2.75) is 18.9 Å². The molecule has 2 amide bonds. The number of piperidine rings is 1. The Hall–Kier alpha value is -2.60. The van der Waals surface area contributed by atoms with Crippen LogP contribution in [-0.2, 0) is 9.53 Å². The maximum absolute atomic E-state index is 12.5. The van der Waals surface area contributed by atoms with Gasteiger partial charge in [-0.1, -0.05) is 30.3 Å². The van der Waals surface area contributed by atoms with Crippen LogP contribution in [-0.4, -0.2) is 43.5 Å². The Labute approximate surface area is 153 Å². The lowest BCUT2D eigenvalue weighted by Gasteiger charge is -2.31. The molecule has 1 aromatic heterocycles. The number of carbonyl (C=O) groups is 2. The smallest absolute Gasteiger partial charge is 0.289 e. The van der Waals surface area contributed by atoms with Crippen LogP contribution >= 0.6 is 0 Å². The van der Waals surface area contributed by atoms with Gasteiger partial charge in [-0.3, -0.25) is 9.59 Å². The highest BCUT2D eigenvalue weighted by molar-refractivity contribution is 5.91. The highest BCUT2D eigenvalue weighted by atomic mass is 16.5. The number of ether oxygens (including phenoxy) is 1. The number of rotatable bonds is 6.